The molecule has 0 spiro atoms. The van der Waals surface area contributed by atoms with Crippen LogP contribution in [-0.2, 0) is 25.3 Å². The molecule has 0 unspecified atom stereocenters. The SMILES string of the molecule is Cc1ccc(N2C[C@H](C(=O)OCC(=O)Nc3cc(C(F)(F)F)ccc3Cl)CC2=O)cc1[N+](=O)[O-]. The maximum Gasteiger partial charge on any atom is 0.416 e. The maximum absolute atomic E-state index is 12.8. The number of nitrogens with zero attached hydrogens (tertiary/aromatic N) is 2. The number of anilines is 2. The van der Waals surface area contributed by atoms with Crippen LogP contribution in [0.4, 0.5) is 30.2 Å². The van der Waals surface area contributed by atoms with Gasteiger partial charge in [-0.3, -0.25) is 24.5 Å². The third kappa shape index (κ3) is 5.63. The van der Waals surface area contributed by atoms with Gasteiger partial charge in [0.15, 0.2) is 6.61 Å². The number of rotatable bonds is 6. The summed E-state index contributed by atoms with van der Waals surface area (Å²) in [6.45, 7) is 0.622. The first-order valence-electron chi connectivity index (χ1n) is 9.75. The molecule has 1 fully saturated rings. The number of amides is 2. The lowest BCUT2D eigenvalue weighted by atomic mass is 10.1. The Kier molecular flexibility index (Phi) is 7.10. The maximum atomic E-state index is 12.8. The Balaban J connectivity index is 1.60. The third-order valence-electron chi connectivity index (χ3n) is 5.07. The number of esters is 1. The van der Waals surface area contributed by atoms with Crippen LogP contribution in [0.3, 0.4) is 0 Å². The second kappa shape index (κ2) is 9.67. The number of ether oxygens (including phenoxy) is 1. The van der Waals surface area contributed by atoms with E-state index in [1.54, 1.807) is 6.92 Å². The number of aryl methyl sites for hydroxylation is 1. The first-order valence-corrected chi connectivity index (χ1v) is 10.1. The number of carbonyl (C=O) groups is 3. The van der Waals surface area contributed by atoms with Crippen LogP contribution in [-0.4, -0.2) is 35.9 Å². The normalized spacial score (nSPS) is 15.9. The second-order valence-electron chi connectivity index (χ2n) is 7.48. The van der Waals surface area contributed by atoms with Crippen molar-refractivity contribution in [3.05, 3.63) is 62.7 Å². The molecule has 1 heterocycles. The van der Waals surface area contributed by atoms with Gasteiger partial charge in [0, 0.05) is 24.6 Å². The summed E-state index contributed by atoms with van der Waals surface area (Å²) in [5.74, 6) is -3.19. The van der Waals surface area contributed by atoms with Gasteiger partial charge in [-0.25, -0.2) is 0 Å². The topological polar surface area (TPSA) is 119 Å². The number of hydrogen-bond acceptors (Lipinski definition) is 6. The van der Waals surface area contributed by atoms with Gasteiger partial charge in [0.05, 0.1) is 32.8 Å². The first kappa shape index (κ1) is 25.0. The molecule has 1 aliphatic rings. The van der Waals surface area contributed by atoms with Crippen LogP contribution in [0.1, 0.15) is 17.5 Å². The predicted octanol–water partition coefficient (Wildman–Crippen LogP) is 4.11. The van der Waals surface area contributed by atoms with Crippen LogP contribution in [0.2, 0.25) is 5.02 Å². The Bertz CT molecular complexity index is 1170. The zero-order valence-corrected chi connectivity index (χ0v) is 18.3. The van der Waals surface area contributed by atoms with Gasteiger partial charge in [0.25, 0.3) is 11.6 Å². The molecule has 34 heavy (non-hydrogen) atoms. The van der Waals surface area contributed by atoms with E-state index in [0.29, 0.717) is 11.6 Å². The highest BCUT2D eigenvalue weighted by Crippen LogP contribution is 2.34. The molecule has 9 nitrogen and oxygen atoms in total. The van der Waals surface area contributed by atoms with E-state index in [9.17, 15) is 37.7 Å². The van der Waals surface area contributed by atoms with Crippen LogP contribution in [0.25, 0.3) is 0 Å². The van der Waals surface area contributed by atoms with Crippen molar-refractivity contribution < 1.29 is 37.2 Å². The van der Waals surface area contributed by atoms with E-state index in [1.165, 1.54) is 23.1 Å². The van der Waals surface area contributed by atoms with Gasteiger partial charge in [-0.1, -0.05) is 17.7 Å². The fourth-order valence-corrected chi connectivity index (χ4v) is 3.48. The molecule has 0 saturated carbocycles. The van der Waals surface area contributed by atoms with Crippen LogP contribution >= 0.6 is 11.6 Å². The molecule has 0 radical (unpaired) electrons. The Morgan fingerprint density at radius 2 is 1.97 bits per heavy atom. The zero-order chi connectivity index (χ0) is 25.2. The lowest BCUT2D eigenvalue weighted by Gasteiger charge is -2.17. The minimum atomic E-state index is -4.64. The van der Waals surface area contributed by atoms with Crippen molar-refractivity contribution in [2.24, 2.45) is 5.92 Å². The van der Waals surface area contributed by atoms with E-state index in [1.807, 2.05) is 0 Å². The van der Waals surface area contributed by atoms with E-state index in [0.717, 1.165) is 12.1 Å². The van der Waals surface area contributed by atoms with Crippen molar-refractivity contribution in [3.8, 4) is 0 Å². The highest BCUT2D eigenvalue weighted by molar-refractivity contribution is 6.33. The molecular formula is C21H17ClF3N3O6. The lowest BCUT2D eigenvalue weighted by molar-refractivity contribution is -0.385. The number of nitrogens with one attached hydrogen (secondary N) is 1. The molecule has 3 rings (SSSR count). The highest BCUT2D eigenvalue weighted by atomic mass is 35.5. The quantitative estimate of drug-likeness (QED) is 0.363. The molecule has 180 valence electrons. The van der Waals surface area contributed by atoms with Gasteiger partial charge in [0.1, 0.15) is 0 Å². The van der Waals surface area contributed by atoms with Gasteiger partial charge < -0.3 is 15.0 Å². The van der Waals surface area contributed by atoms with Crippen molar-refractivity contribution >= 4 is 46.4 Å². The molecule has 1 aliphatic heterocycles. The summed E-state index contributed by atoms with van der Waals surface area (Å²) in [6, 6.07) is 6.60. The van der Waals surface area contributed by atoms with Gasteiger partial charge in [-0.05, 0) is 31.2 Å². The van der Waals surface area contributed by atoms with Crippen LogP contribution in [0.5, 0.6) is 0 Å². The lowest BCUT2D eigenvalue weighted by Crippen LogP contribution is -2.28. The van der Waals surface area contributed by atoms with Crippen molar-refractivity contribution in [2.45, 2.75) is 19.5 Å². The monoisotopic (exact) mass is 499 g/mol. The number of halogens is 4. The standard InChI is InChI=1S/C21H17ClF3N3O6/c1-11-2-4-14(8-17(11)28(32)33)27-9-12(6-19(27)30)20(31)34-10-18(29)26-16-7-13(21(23,24)25)3-5-15(16)22/h2-5,7-8,12H,6,9-10H2,1H3,(H,26,29)/t12-/m1/s1. The minimum Gasteiger partial charge on any atom is -0.455 e. The van der Waals surface area contributed by atoms with Gasteiger partial charge in [-0.2, -0.15) is 13.2 Å². The Morgan fingerprint density at radius 3 is 2.62 bits per heavy atom. The molecule has 1 N–H and O–H groups in total. The van der Waals surface area contributed by atoms with Crippen molar-refractivity contribution in [1.29, 1.82) is 0 Å². The van der Waals surface area contributed by atoms with E-state index in [2.05, 4.69) is 5.32 Å². The molecule has 1 saturated heterocycles. The first-order chi connectivity index (χ1) is 15.9. The van der Waals surface area contributed by atoms with Crippen molar-refractivity contribution in [3.63, 3.8) is 0 Å². The summed E-state index contributed by atoms with van der Waals surface area (Å²) < 4.78 is 43.4. The fourth-order valence-electron chi connectivity index (χ4n) is 3.32. The summed E-state index contributed by atoms with van der Waals surface area (Å²) in [6.07, 6.45) is -4.88. The van der Waals surface area contributed by atoms with E-state index in [-0.39, 0.29) is 35.1 Å². The molecule has 2 aromatic carbocycles. The van der Waals surface area contributed by atoms with E-state index >= 15 is 0 Å². The molecule has 2 aromatic rings. The molecule has 0 bridgehead atoms. The average molecular weight is 500 g/mol. The smallest absolute Gasteiger partial charge is 0.416 e. The van der Waals surface area contributed by atoms with Gasteiger partial charge in [-0.15, -0.1) is 0 Å². The molecule has 0 aromatic heterocycles. The molecule has 1 atom stereocenters. The summed E-state index contributed by atoms with van der Waals surface area (Å²) in [5.41, 5.74) is -0.857. The van der Waals surface area contributed by atoms with E-state index in [4.69, 9.17) is 16.3 Å². The number of nitro benzene ring substituents is 1. The van der Waals surface area contributed by atoms with Crippen LogP contribution in [0, 0.1) is 23.0 Å². The number of carbonyl (C=O) groups excluding carboxylic acids is 3. The highest BCUT2D eigenvalue weighted by Gasteiger charge is 2.37. The van der Waals surface area contributed by atoms with Crippen molar-refractivity contribution in [1.82, 2.24) is 0 Å². The molecule has 0 aliphatic carbocycles. The predicted molar refractivity (Wildman–Crippen MR) is 114 cm³/mol. The van der Waals surface area contributed by atoms with E-state index < -0.39 is 47.0 Å². The van der Waals surface area contributed by atoms with Gasteiger partial charge in [0.2, 0.25) is 5.91 Å². The number of alkyl halides is 3. The third-order valence-corrected chi connectivity index (χ3v) is 5.40. The summed E-state index contributed by atoms with van der Waals surface area (Å²) in [7, 11) is 0. The summed E-state index contributed by atoms with van der Waals surface area (Å²) in [4.78, 5) is 48.5. The summed E-state index contributed by atoms with van der Waals surface area (Å²) >= 11 is 5.81. The number of hydrogen-bond donors (Lipinski definition) is 1. The number of benzene rings is 2. The zero-order valence-electron chi connectivity index (χ0n) is 17.5. The van der Waals surface area contributed by atoms with Crippen molar-refractivity contribution in [2.75, 3.05) is 23.4 Å². The largest absolute Gasteiger partial charge is 0.455 e. The Hall–Kier alpha value is -3.67. The Labute approximate surface area is 195 Å². The molecular weight excluding hydrogens is 483 g/mol. The molecule has 2 amide bonds. The van der Waals surface area contributed by atoms with Crippen LogP contribution in [0.15, 0.2) is 36.4 Å². The second-order valence-corrected chi connectivity index (χ2v) is 7.89. The minimum absolute atomic E-state index is 0.112. The fraction of sp³-hybridized carbons (Fsp3) is 0.286. The number of nitro groups is 1. The Morgan fingerprint density at radius 1 is 1.26 bits per heavy atom. The van der Waals surface area contributed by atoms with Gasteiger partial charge >= 0.3 is 12.1 Å². The molecule has 13 heteroatoms. The van der Waals surface area contributed by atoms with Crippen LogP contribution < -0.4 is 10.2 Å². The average Bonchev–Trinajstić information content (AvgIpc) is 3.14. The summed E-state index contributed by atoms with van der Waals surface area (Å²) in [5, 5.41) is 13.1.